The van der Waals surface area contributed by atoms with Crippen molar-refractivity contribution in [3.8, 4) is 11.8 Å². The second kappa shape index (κ2) is 6.69. The molecular weight excluding hydrogens is 267 g/mol. The van der Waals surface area contributed by atoms with Gasteiger partial charge < -0.3 is 11.1 Å². The molecule has 0 aliphatic carbocycles. The van der Waals surface area contributed by atoms with Crippen molar-refractivity contribution in [2.45, 2.75) is 6.92 Å². The largest absolute Gasteiger partial charge is 0.322 e. The molecule has 0 heterocycles. The number of benzene rings is 2. The molecule has 0 radical (unpaired) electrons. The first kappa shape index (κ1) is 14.8. The Balaban J connectivity index is 2.17. The first-order chi connectivity index (χ1) is 10.1. The van der Waals surface area contributed by atoms with Gasteiger partial charge in [0.1, 0.15) is 5.82 Å². The zero-order chi connectivity index (χ0) is 15.2. The van der Waals surface area contributed by atoms with Gasteiger partial charge in [0.05, 0.1) is 6.54 Å². The van der Waals surface area contributed by atoms with Gasteiger partial charge in [0.25, 0.3) is 5.91 Å². The lowest BCUT2D eigenvalue weighted by Gasteiger charge is -2.06. The zero-order valence-corrected chi connectivity index (χ0v) is 11.6. The van der Waals surface area contributed by atoms with Gasteiger partial charge in [0, 0.05) is 16.8 Å². The number of nitrogens with one attached hydrogen (secondary N) is 1. The molecule has 0 atom stereocenters. The van der Waals surface area contributed by atoms with Crippen LogP contribution in [0, 0.1) is 24.6 Å². The Morgan fingerprint density at radius 3 is 2.81 bits per heavy atom. The normalized spacial score (nSPS) is 9.67. The van der Waals surface area contributed by atoms with Crippen molar-refractivity contribution in [2.75, 3.05) is 11.9 Å². The van der Waals surface area contributed by atoms with Crippen molar-refractivity contribution in [3.05, 3.63) is 65.0 Å². The van der Waals surface area contributed by atoms with E-state index >= 15 is 0 Å². The summed E-state index contributed by atoms with van der Waals surface area (Å²) in [7, 11) is 0. The molecule has 21 heavy (non-hydrogen) atoms. The van der Waals surface area contributed by atoms with Gasteiger partial charge in [-0.1, -0.05) is 17.9 Å². The van der Waals surface area contributed by atoms with Crippen molar-refractivity contribution in [1.82, 2.24) is 0 Å². The Kier molecular flexibility index (Phi) is 4.70. The molecule has 0 fully saturated rings. The number of hydrogen-bond acceptors (Lipinski definition) is 2. The van der Waals surface area contributed by atoms with E-state index in [1.54, 1.807) is 25.1 Å². The highest BCUT2D eigenvalue weighted by atomic mass is 19.1. The van der Waals surface area contributed by atoms with Crippen LogP contribution >= 0.6 is 0 Å². The quantitative estimate of drug-likeness (QED) is 0.832. The fourth-order valence-corrected chi connectivity index (χ4v) is 1.82. The van der Waals surface area contributed by atoms with E-state index < -0.39 is 0 Å². The van der Waals surface area contributed by atoms with Gasteiger partial charge in [-0.05, 0) is 48.9 Å². The number of aryl methyl sites for hydroxylation is 1. The summed E-state index contributed by atoms with van der Waals surface area (Å²) in [5, 5.41) is 2.76. The van der Waals surface area contributed by atoms with Crippen LogP contribution in [0.2, 0.25) is 0 Å². The Bertz CT molecular complexity index is 729. The van der Waals surface area contributed by atoms with Crippen LogP contribution < -0.4 is 11.1 Å². The average molecular weight is 282 g/mol. The van der Waals surface area contributed by atoms with E-state index in [4.69, 9.17) is 5.73 Å². The SMILES string of the molecule is Cc1cc(C(=O)Nc2cccc(C#CCN)c2)ccc1F. The van der Waals surface area contributed by atoms with Gasteiger partial charge in [0.2, 0.25) is 0 Å². The lowest BCUT2D eigenvalue weighted by molar-refractivity contribution is 0.102. The topological polar surface area (TPSA) is 55.1 Å². The van der Waals surface area contributed by atoms with Gasteiger partial charge in [-0.15, -0.1) is 0 Å². The van der Waals surface area contributed by atoms with Crippen LogP contribution in [-0.4, -0.2) is 12.5 Å². The summed E-state index contributed by atoms with van der Waals surface area (Å²) in [6.45, 7) is 1.90. The number of hydrogen-bond donors (Lipinski definition) is 2. The van der Waals surface area contributed by atoms with Crippen LogP contribution in [0.25, 0.3) is 0 Å². The Morgan fingerprint density at radius 1 is 1.29 bits per heavy atom. The lowest BCUT2D eigenvalue weighted by Crippen LogP contribution is -2.12. The molecule has 0 unspecified atom stereocenters. The molecule has 0 aliphatic heterocycles. The first-order valence-electron chi connectivity index (χ1n) is 6.46. The highest BCUT2D eigenvalue weighted by Gasteiger charge is 2.08. The second-order valence-corrected chi connectivity index (χ2v) is 4.50. The summed E-state index contributed by atoms with van der Waals surface area (Å²) in [6, 6.07) is 11.4. The third-order valence-corrected chi connectivity index (χ3v) is 2.88. The number of nitrogens with two attached hydrogens (primary N) is 1. The van der Waals surface area contributed by atoms with E-state index in [1.807, 2.05) is 6.07 Å². The van der Waals surface area contributed by atoms with Gasteiger partial charge in [-0.3, -0.25) is 4.79 Å². The van der Waals surface area contributed by atoms with Gasteiger partial charge >= 0.3 is 0 Å². The van der Waals surface area contributed by atoms with Gasteiger partial charge in [0.15, 0.2) is 0 Å². The molecule has 1 amide bonds. The molecule has 0 bridgehead atoms. The number of carbonyl (C=O) groups excluding carboxylic acids is 1. The van der Waals surface area contributed by atoms with E-state index in [9.17, 15) is 9.18 Å². The maximum absolute atomic E-state index is 13.2. The molecule has 4 heteroatoms. The van der Waals surface area contributed by atoms with E-state index in [1.165, 1.54) is 18.2 Å². The molecule has 106 valence electrons. The minimum absolute atomic E-state index is 0.283. The minimum Gasteiger partial charge on any atom is -0.322 e. The van der Waals surface area contributed by atoms with Crippen molar-refractivity contribution in [1.29, 1.82) is 0 Å². The van der Waals surface area contributed by atoms with Crippen molar-refractivity contribution < 1.29 is 9.18 Å². The predicted molar refractivity (Wildman–Crippen MR) is 81.5 cm³/mol. The molecule has 0 saturated carbocycles. The maximum atomic E-state index is 13.2. The minimum atomic E-state index is -0.328. The fraction of sp³-hybridized carbons (Fsp3) is 0.118. The van der Waals surface area contributed by atoms with E-state index in [0.29, 0.717) is 16.8 Å². The van der Waals surface area contributed by atoms with Crippen molar-refractivity contribution in [3.63, 3.8) is 0 Å². The first-order valence-corrected chi connectivity index (χ1v) is 6.46. The smallest absolute Gasteiger partial charge is 0.255 e. The molecule has 0 aromatic heterocycles. The molecule has 3 N–H and O–H groups in total. The maximum Gasteiger partial charge on any atom is 0.255 e. The van der Waals surface area contributed by atoms with Crippen LogP contribution in [-0.2, 0) is 0 Å². The average Bonchev–Trinajstić information content (AvgIpc) is 2.48. The Hall–Kier alpha value is -2.64. The number of rotatable bonds is 2. The molecule has 3 nitrogen and oxygen atoms in total. The standard InChI is InChI=1S/C17H15FN2O/c1-12-10-14(7-8-16(12)18)17(21)20-15-6-2-4-13(11-15)5-3-9-19/h2,4,6-8,10-11H,9,19H2,1H3,(H,20,21). The summed E-state index contributed by atoms with van der Waals surface area (Å²) in [6.07, 6.45) is 0. The van der Waals surface area contributed by atoms with Gasteiger partial charge in [-0.2, -0.15) is 0 Å². The fourth-order valence-electron chi connectivity index (χ4n) is 1.82. The highest BCUT2D eigenvalue weighted by molar-refractivity contribution is 6.04. The van der Waals surface area contributed by atoms with E-state index in [-0.39, 0.29) is 18.3 Å². The summed E-state index contributed by atoms with van der Waals surface area (Å²) < 4.78 is 13.2. The molecular formula is C17H15FN2O. The Labute approximate surface area is 123 Å². The van der Waals surface area contributed by atoms with Crippen LogP contribution in [0.15, 0.2) is 42.5 Å². The van der Waals surface area contributed by atoms with Crippen molar-refractivity contribution in [2.24, 2.45) is 5.73 Å². The number of anilines is 1. The highest BCUT2D eigenvalue weighted by Crippen LogP contribution is 2.14. The summed E-state index contributed by atoms with van der Waals surface area (Å²) in [4.78, 5) is 12.1. The van der Waals surface area contributed by atoms with Crippen LogP contribution in [0.3, 0.4) is 0 Å². The molecule has 0 aliphatic rings. The second-order valence-electron chi connectivity index (χ2n) is 4.50. The lowest BCUT2D eigenvalue weighted by atomic mass is 10.1. The van der Waals surface area contributed by atoms with Crippen LogP contribution in [0.1, 0.15) is 21.5 Å². The third kappa shape index (κ3) is 3.91. The Morgan fingerprint density at radius 2 is 2.10 bits per heavy atom. The van der Waals surface area contributed by atoms with E-state index in [2.05, 4.69) is 17.2 Å². The van der Waals surface area contributed by atoms with Crippen LogP contribution in [0.4, 0.5) is 10.1 Å². The summed E-state index contributed by atoms with van der Waals surface area (Å²) in [5.41, 5.74) is 7.57. The molecule has 2 aromatic carbocycles. The molecule has 2 aromatic rings. The molecule has 0 spiro atoms. The van der Waals surface area contributed by atoms with Crippen LogP contribution in [0.5, 0.6) is 0 Å². The number of halogens is 1. The molecule has 0 saturated heterocycles. The predicted octanol–water partition coefficient (Wildman–Crippen LogP) is 2.70. The van der Waals surface area contributed by atoms with E-state index in [0.717, 1.165) is 5.56 Å². The van der Waals surface area contributed by atoms with Gasteiger partial charge in [-0.25, -0.2) is 4.39 Å². The summed E-state index contributed by atoms with van der Waals surface area (Å²) in [5.74, 6) is 5.03. The van der Waals surface area contributed by atoms with Crippen molar-refractivity contribution >= 4 is 11.6 Å². The zero-order valence-electron chi connectivity index (χ0n) is 11.6. The number of amides is 1. The monoisotopic (exact) mass is 282 g/mol. The molecule has 2 rings (SSSR count). The third-order valence-electron chi connectivity index (χ3n) is 2.88. The number of carbonyl (C=O) groups is 1. The summed E-state index contributed by atoms with van der Waals surface area (Å²) >= 11 is 0.